The zero-order valence-electron chi connectivity index (χ0n) is 51.3. The van der Waals surface area contributed by atoms with Gasteiger partial charge in [0.25, 0.3) is 0 Å². The molecule has 1 atom stereocenters. The van der Waals surface area contributed by atoms with Crippen LogP contribution in [-0.4, -0.2) is 37.2 Å². The first-order valence-corrected chi connectivity index (χ1v) is 34.0. The molecule has 0 spiro atoms. The van der Waals surface area contributed by atoms with Crippen LogP contribution in [0.4, 0.5) is 0 Å². The first-order chi connectivity index (χ1) is 37.5. The third-order valence-corrected chi connectivity index (χ3v) is 15.4. The zero-order valence-corrected chi connectivity index (χ0v) is 51.3. The van der Waals surface area contributed by atoms with Crippen LogP contribution < -0.4 is 0 Å². The third-order valence-electron chi connectivity index (χ3n) is 15.4. The lowest BCUT2D eigenvalue weighted by Gasteiger charge is -2.18. The summed E-state index contributed by atoms with van der Waals surface area (Å²) in [5, 5.41) is 0. The summed E-state index contributed by atoms with van der Waals surface area (Å²) in [6, 6.07) is 0. The maximum Gasteiger partial charge on any atom is 0.306 e. The van der Waals surface area contributed by atoms with E-state index in [4.69, 9.17) is 14.2 Å². The molecule has 0 bridgehead atoms. The highest BCUT2D eigenvalue weighted by atomic mass is 16.6. The van der Waals surface area contributed by atoms with Gasteiger partial charge in [-0.05, 0) is 57.8 Å². The lowest BCUT2D eigenvalue weighted by molar-refractivity contribution is -0.167. The topological polar surface area (TPSA) is 78.9 Å². The Morgan fingerprint density at radius 2 is 0.474 bits per heavy atom. The Hall–Kier alpha value is -2.37. The number of allylic oxidation sites excluding steroid dienone is 6. The van der Waals surface area contributed by atoms with Crippen molar-refractivity contribution in [3.8, 4) is 0 Å². The first kappa shape index (κ1) is 73.6. The summed E-state index contributed by atoms with van der Waals surface area (Å²) in [5.74, 6) is -0.858. The Morgan fingerprint density at radius 3 is 0.737 bits per heavy atom. The Balaban J connectivity index is 3.95. The summed E-state index contributed by atoms with van der Waals surface area (Å²) in [6.07, 6.45) is 80.8. The molecule has 76 heavy (non-hydrogen) atoms. The van der Waals surface area contributed by atoms with Crippen molar-refractivity contribution in [2.24, 2.45) is 0 Å². The molecule has 0 fully saturated rings. The van der Waals surface area contributed by atoms with Gasteiger partial charge in [0, 0.05) is 19.3 Å². The molecular formula is C70H130O6. The minimum Gasteiger partial charge on any atom is -0.462 e. The van der Waals surface area contributed by atoms with Crippen molar-refractivity contribution in [3.63, 3.8) is 0 Å². The van der Waals surface area contributed by atoms with Gasteiger partial charge in [0.05, 0.1) is 0 Å². The monoisotopic (exact) mass is 1070 g/mol. The predicted molar refractivity (Wildman–Crippen MR) is 330 cm³/mol. The molecule has 0 amide bonds. The van der Waals surface area contributed by atoms with Crippen molar-refractivity contribution in [1.29, 1.82) is 0 Å². The quantitative estimate of drug-likeness (QED) is 0.0261. The Bertz CT molecular complexity index is 1270. The fourth-order valence-corrected chi connectivity index (χ4v) is 10.3. The second-order valence-electron chi connectivity index (χ2n) is 23.1. The van der Waals surface area contributed by atoms with Crippen molar-refractivity contribution in [2.75, 3.05) is 13.2 Å². The molecule has 0 radical (unpaired) electrons. The van der Waals surface area contributed by atoms with Gasteiger partial charge in [-0.2, -0.15) is 0 Å². The van der Waals surface area contributed by atoms with E-state index in [1.807, 2.05) is 0 Å². The first-order valence-electron chi connectivity index (χ1n) is 34.0. The van der Waals surface area contributed by atoms with Gasteiger partial charge in [0.15, 0.2) is 6.10 Å². The number of carbonyl (C=O) groups is 3. The Kier molecular flexibility index (Phi) is 63.1. The van der Waals surface area contributed by atoms with Crippen molar-refractivity contribution in [3.05, 3.63) is 36.5 Å². The van der Waals surface area contributed by atoms with Gasteiger partial charge in [-0.3, -0.25) is 14.4 Å². The molecule has 6 heteroatoms. The number of carbonyl (C=O) groups excluding carboxylic acids is 3. The fourth-order valence-electron chi connectivity index (χ4n) is 10.3. The van der Waals surface area contributed by atoms with Gasteiger partial charge in [-0.15, -0.1) is 0 Å². The number of esters is 3. The Morgan fingerprint density at radius 1 is 0.263 bits per heavy atom. The highest BCUT2D eigenvalue weighted by Crippen LogP contribution is 2.18. The molecule has 0 aliphatic rings. The molecule has 0 aromatic heterocycles. The SMILES string of the molecule is CCCCCCC/C=C\C/C=C\C/C=C\CCCCCCCCCCCCCCCCC(=O)OCC(COC(=O)CCCCCCC)OC(=O)CCCCCCCCCCCCCCCCCCCCCCCCCC. The van der Waals surface area contributed by atoms with Crippen LogP contribution in [-0.2, 0) is 28.6 Å². The molecule has 0 aliphatic carbocycles. The van der Waals surface area contributed by atoms with E-state index in [1.165, 1.54) is 257 Å². The molecule has 0 aromatic carbocycles. The zero-order chi connectivity index (χ0) is 55.0. The van der Waals surface area contributed by atoms with E-state index in [9.17, 15) is 14.4 Å². The van der Waals surface area contributed by atoms with Gasteiger partial charge < -0.3 is 14.2 Å². The molecular weight excluding hydrogens is 937 g/mol. The smallest absolute Gasteiger partial charge is 0.306 e. The van der Waals surface area contributed by atoms with E-state index in [2.05, 4.69) is 57.2 Å². The average Bonchev–Trinajstić information content (AvgIpc) is 3.42. The lowest BCUT2D eigenvalue weighted by atomic mass is 10.0. The minimum absolute atomic E-state index is 0.0678. The fraction of sp³-hybridized carbons (Fsp3) is 0.871. The summed E-state index contributed by atoms with van der Waals surface area (Å²) in [5.41, 5.74) is 0. The van der Waals surface area contributed by atoms with Crippen LogP contribution >= 0.6 is 0 Å². The maximum atomic E-state index is 12.8. The van der Waals surface area contributed by atoms with E-state index in [-0.39, 0.29) is 31.1 Å². The van der Waals surface area contributed by atoms with E-state index in [1.54, 1.807) is 0 Å². The van der Waals surface area contributed by atoms with Crippen LogP contribution in [0.15, 0.2) is 36.5 Å². The van der Waals surface area contributed by atoms with E-state index >= 15 is 0 Å². The molecule has 0 saturated heterocycles. The van der Waals surface area contributed by atoms with Crippen LogP contribution in [0, 0.1) is 0 Å². The van der Waals surface area contributed by atoms with Crippen LogP contribution in [0.25, 0.3) is 0 Å². The normalized spacial score (nSPS) is 12.2. The van der Waals surface area contributed by atoms with Crippen LogP contribution in [0.1, 0.15) is 374 Å². The van der Waals surface area contributed by atoms with Gasteiger partial charge in [0.2, 0.25) is 0 Å². The maximum absolute atomic E-state index is 12.8. The van der Waals surface area contributed by atoms with Gasteiger partial charge in [-0.1, -0.05) is 333 Å². The van der Waals surface area contributed by atoms with Crippen molar-refractivity contribution in [2.45, 2.75) is 380 Å². The summed E-state index contributed by atoms with van der Waals surface area (Å²) < 4.78 is 16.8. The second-order valence-corrected chi connectivity index (χ2v) is 23.1. The highest BCUT2D eigenvalue weighted by molar-refractivity contribution is 5.71. The average molecular weight is 1070 g/mol. The third kappa shape index (κ3) is 62.5. The molecule has 0 rings (SSSR count). The molecule has 1 unspecified atom stereocenters. The summed E-state index contributed by atoms with van der Waals surface area (Å²) in [4.78, 5) is 38.0. The molecule has 0 aliphatic heterocycles. The summed E-state index contributed by atoms with van der Waals surface area (Å²) >= 11 is 0. The molecule has 0 saturated carbocycles. The number of ether oxygens (including phenoxy) is 3. The molecule has 0 aromatic rings. The van der Waals surface area contributed by atoms with Crippen molar-refractivity contribution < 1.29 is 28.6 Å². The summed E-state index contributed by atoms with van der Waals surface area (Å²) in [6.45, 7) is 6.61. The van der Waals surface area contributed by atoms with Crippen LogP contribution in [0.5, 0.6) is 0 Å². The summed E-state index contributed by atoms with van der Waals surface area (Å²) in [7, 11) is 0. The van der Waals surface area contributed by atoms with E-state index in [0.29, 0.717) is 19.3 Å². The molecule has 0 heterocycles. The Labute approximate surface area is 474 Å². The van der Waals surface area contributed by atoms with Gasteiger partial charge in [0.1, 0.15) is 13.2 Å². The molecule has 0 N–H and O–H groups in total. The van der Waals surface area contributed by atoms with E-state index in [0.717, 1.165) is 77.0 Å². The standard InChI is InChI=1S/C70H130O6/c1-4-7-10-13-15-17-19-21-23-25-27-29-31-33-34-35-36-37-39-40-42-44-46-48-50-52-54-57-60-63-69(72)75-66-67(65-74-68(71)62-59-56-12-9-6-3)76-70(73)64-61-58-55-53-51-49-47-45-43-41-38-32-30-28-26-24-22-20-18-16-14-11-8-5-2/h19,21,25,27,31,33,67H,4-18,20,22-24,26,28-30,32,34-66H2,1-3H3/b21-19-,27-25-,33-31-. The number of unbranched alkanes of at least 4 members (excludes halogenated alkanes) is 46. The number of hydrogen-bond acceptors (Lipinski definition) is 6. The van der Waals surface area contributed by atoms with Crippen LogP contribution in [0.2, 0.25) is 0 Å². The second kappa shape index (κ2) is 65.2. The van der Waals surface area contributed by atoms with Crippen molar-refractivity contribution in [1.82, 2.24) is 0 Å². The molecule has 446 valence electrons. The minimum atomic E-state index is -0.766. The van der Waals surface area contributed by atoms with Gasteiger partial charge >= 0.3 is 17.9 Å². The number of rotatable bonds is 63. The predicted octanol–water partition coefficient (Wildman–Crippen LogP) is 23.2. The van der Waals surface area contributed by atoms with Gasteiger partial charge in [-0.25, -0.2) is 0 Å². The highest BCUT2D eigenvalue weighted by Gasteiger charge is 2.19. The lowest BCUT2D eigenvalue weighted by Crippen LogP contribution is -2.30. The van der Waals surface area contributed by atoms with Crippen LogP contribution in [0.3, 0.4) is 0 Å². The number of hydrogen-bond donors (Lipinski definition) is 0. The molecule has 6 nitrogen and oxygen atoms in total. The largest absolute Gasteiger partial charge is 0.462 e. The van der Waals surface area contributed by atoms with E-state index < -0.39 is 6.10 Å². The van der Waals surface area contributed by atoms with Crippen molar-refractivity contribution >= 4 is 17.9 Å².